The number of hydrogen-bond acceptors (Lipinski definition) is 4. The molecule has 2 N–H and O–H groups in total. The molecule has 5 nitrogen and oxygen atoms in total. The number of aliphatic carboxylic acids is 1. The third-order valence-electron chi connectivity index (χ3n) is 1.99. The van der Waals surface area contributed by atoms with Crippen molar-refractivity contribution in [2.24, 2.45) is 5.92 Å². The van der Waals surface area contributed by atoms with Crippen LogP contribution >= 0.6 is 0 Å². The summed E-state index contributed by atoms with van der Waals surface area (Å²) in [4.78, 5) is 14.2. The maximum absolute atomic E-state index is 12.2. The Labute approximate surface area is 94.6 Å². The number of aromatic nitrogens is 1. The van der Waals surface area contributed by atoms with Crippen molar-refractivity contribution in [3.05, 3.63) is 17.8 Å². The van der Waals surface area contributed by atoms with Crippen LogP contribution in [0.2, 0.25) is 0 Å². The molecule has 1 unspecified atom stereocenters. The van der Waals surface area contributed by atoms with Gasteiger partial charge in [0, 0.05) is 6.54 Å². The first-order valence-electron chi connectivity index (χ1n) is 4.72. The molecule has 1 heterocycles. The van der Waals surface area contributed by atoms with Crippen LogP contribution in [0.15, 0.2) is 10.6 Å². The molecule has 0 aliphatic carbocycles. The third kappa shape index (κ3) is 4.06. The minimum atomic E-state index is -4.77. The van der Waals surface area contributed by atoms with Gasteiger partial charge in [0.15, 0.2) is 5.92 Å². The van der Waals surface area contributed by atoms with Crippen molar-refractivity contribution in [3.63, 3.8) is 0 Å². The zero-order valence-electron chi connectivity index (χ0n) is 8.91. The van der Waals surface area contributed by atoms with Gasteiger partial charge in [-0.15, -0.1) is 0 Å². The first kappa shape index (κ1) is 13.5. The highest BCUT2D eigenvalue weighted by molar-refractivity contribution is 5.71. The zero-order valence-corrected chi connectivity index (χ0v) is 8.91. The summed E-state index contributed by atoms with van der Waals surface area (Å²) in [6, 6.07) is 0. The molecule has 1 atom stereocenters. The van der Waals surface area contributed by atoms with Gasteiger partial charge in [-0.1, -0.05) is 0 Å². The van der Waals surface area contributed by atoms with E-state index in [-0.39, 0.29) is 12.4 Å². The molecule has 0 spiro atoms. The van der Waals surface area contributed by atoms with Gasteiger partial charge in [0.2, 0.25) is 5.89 Å². The molecular weight excluding hydrogens is 241 g/mol. The molecule has 1 aromatic rings. The number of alkyl halides is 3. The van der Waals surface area contributed by atoms with Gasteiger partial charge in [-0.05, 0) is 6.92 Å². The molecule has 0 amide bonds. The van der Waals surface area contributed by atoms with Gasteiger partial charge in [-0.3, -0.25) is 4.79 Å². The average molecular weight is 252 g/mol. The number of carboxylic acid groups (broad SMARTS) is 1. The number of nitrogens with one attached hydrogen (secondary N) is 1. The van der Waals surface area contributed by atoms with E-state index in [1.165, 1.54) is 6.20 Å². The number of rotatable bonds is 5. The summed E-state index contributed by atoms with van der Waals surface area (Å²) in [6.07, 6.45) is -3.35. The Morgan fingerprint density at radius 1 is 1.65 bits per heavy atom. The van der Waals surface area contributed by atoms with Crippen molar-refractivity contribution in [1.29, 1.82) is 0 Å². The van der Waals surface area contributed by atoms with Gasteiger partial charge in [-0.2, -0.15) is 13.2 Å². The van der Waals surface area contributed by atoms with Crippen molar-refractivity contribution in [2.75, 3.05) is 6.54 Å². The number of nitrogens with zero attached hydrogens (tertiary/aromatic N) is 1. The molecule has 17 heavy (non-hydrogen) atoms. The Morgan fingerprint density at radius 2 is 2.29 bits per heavy atom. The summed E-state index contributed by atoms with van der Waals surface area (Å²) in [5.41, 5.74) is 0. The topological polar surface area (TPSA) is 75.4 Å². The Bertz CT molecular complexity index is 389. The molecule has 0 aliphatic rings. The van der Waals surface area contributed by atoms with Crippen LogP contribution in [0, 0.1) is 12.8 Å². The van der Waals surface area contributed by atoms with E-state index >= 15 is 0 Å². The first-order chi connectivity index (χ1) is 7.80. The fraction of sp³-hybridized carbons (Fsp3) is 0.556. The van der Waals surface area contributed by atoms with E-state index in [9.17, 15) is 18.0 Å². The van der Waals surface area contributed by atoms with Crippen molar-refractivity contribution >= 4 is 5.97 Å². The van der Waals surface area contributed by atoms with Gasteiger partial charge in [0.25, 0.3) is 0 Å². The van der Waals surface area contributed by atoms with E-state index in [0.717, 1.165) is 0 Å². The van der Waals surface area contributed by atoms with Gasteiger partial charge < -0.3 is 14.8 Å². The summed E-state index contributed by atoms with van der Waals surface area (Å²) in [7, 11) is 0. The number of carbonyl (C=O) groups is 1. The highest BCUT2D eigenvalue weighted by Crippen LogP contribution is 2.25. The summed E-state index contributed by atoms with van der Waals surface area (Å²) in [5, 5.41) is 10.8. The number of halogens is 3. The maximum atomic E-state index is 12.2. The minimum Gasteiger partial charge on any atom is -0.481 e. The molecule has 0 bridgehead atoms. The molecule has 8 heteroatoms. The molecule has 0 saturated heterocycles. The first-order valence-corrected chi connectivity index (χ1v) is 4.72. The second-order valence-corrected chi connectivity index (χ2v) is 3.43. The highest BCUT2D eigenvalue weighted by atomic mass is 19.4. The molecule has 0 saturated carbocycles. The second kappa shape index (κ2) is 5.17. The predicted molar refractivity (Wildman–Crippen MR) is 50.1 cm³/mol. The van der Waals surface area contributed by atoms with Crippen molar-refractivity contribution in [1.82, 2.24) is 10.3 Å². The van der Waals surface area contributed by atoms with Crippen LogP contribution in [0.25, 0.3) is 0 Å². The number of aryl methyl sites for hydroxylation is 1. The van der Waals surface area contributed by atoms with E-state index in [1.807, 2.05) is 0 Å². The molecule has 0 aromatic carbocycles. The van der Waals surface area contributed by atoms with Crippen LogP contribution in [-0.4, -0.2) is 28.8 Å². The second-order valence-electron chi connectivity index (χ2n) is 3.43. The normalized spacial score (nSPS) is 13.6. The molecule has 1 rings (SSSR count). The highest BCUT2D eigenvalue weighted by Gasteiger charge is 2.44. The Morgan fingerprint density at radius 3 is 2.71 bits per heavy atom. The lowest BCUT2D eigenvalue weighted by Crippen LogP contribution is -2.38. The standard InChI is InChI=1S/C9H11F3N2O3/c1-5-2-14-7(17-5)4-13-3-6(8(15)16)9(10,11)12/h2,6,13H,3-4H2,1H3,(H,15,16). The molecule has 0 radical (unpaired) electrons. The van der Waals surface area contributed by atoms with E-state index < -0.39 is 24.6 Å². The van der Waals surface area contributed by atoms with Crippen LogP contribution in [0.3, 0.4) is 0 Å². The molecule has 1 aromatic heterocycles. The monoisotopic (exact) mass is 252 g/mol. The van der Waals surface area contributed by atoms with Gasteiger partial charge in [0.05, 0.1) is 12.7 Å². The molecular formula is C9H11F3N2O3. The van der Waals surface area contributed by atoms with Gasteiger partial charge >= 0.3 is 12.1 Å². The Kier molecular flexibility index (Phi) is 4.11. The Hall–Kier alpha value is -1.57. The SMILES string of the molecule is Cc1cnc(CNCC(C(=O)O)C(F)(F)F)o1. The molecule has 0 fully saturated rings. The fourth-order valence-corrected chi connectivity index (χ4v) is 1.15. The van der Waals surface area contributed by atoms with Crippen LogP contribution in [0.5, 0.6) is 0 Å². The summed E-state index contributed by atoms with van der Waals surface area (Å²) in [5.74, 6) is -3.59. The van der Waals surface area contributed by atoms with Crippen molar-refractivity contribution < 1.29 is 27.5 Å². The lowest BCUT2D eigenvalue weighted by Gasteiger charge is -2.15. The summed E-state index contributed by atoms with van der Waals surface area (Å²) < 4.78 is 41.7. The smallest absolute Gasteiger partial charge is 0.403 e. The molecule has 96 valence electrons. The van der Waals surface area contributed by atoms with E-state index in [4.69, 9.17) is 9.52 Å². The number of hydrogen-bond donors (Lipinski definition) is 2. The van der Waals surface area contributed by atoms with E-state index in [0.29, 0.717) is 5.76 Å². The predicted octanol–water partition coefficient (Wildman–Crippen LogP) is 1.34. The Balaban J connectivity index is 2.46. The summed E-state index contributed by atoms with van der Waals surface area (Å²) in [6.45, 7) is 0.875. The number of carboxylic acids is 1. The quantitative estimate of drug-likeness (QED) is 0.827. The minimum absolute atomic E-state index is 0.0479. The molecule has 0 aliphatic heterocycles. The zero-order chi connectivity index (χ0) is 13.1. The van der Waals surface area contributed by atoms with Gasteiger partial charge in [-0.25, -0.2) is 4.98 Å². The van der Waals surface area contributed by atoms with Crippen LogP contribution in [-0.2, 0) is 11.3 Å². The fourth-order valence-electron chi connectivity index (χ4n) is 1.15. The van der Waals surface area contributed by atoms with Crippen molar-refractivity contribution in [3.8, 4) is 0 Å². The third-order valence-corrected chi connectivity index (χ3v) is 1.99. The lowest BCUT2D eigenvalue weighted by molar-refractivity contribution is -0.192. The van der Waals surface area contributed by atoms with Crippen LogP contribution < -0.4 is 5.32 Å². The van der Waals surface area contributed by atoms with Crippen LogP contribution in [0.4, 0.5) is 13.2 Å². The number of oxazole rings is 1. The lowest BCUT2D eigenvalue weighted by atomic mass is 10.1. The maximum Gasteiger partial charge on any atom is 0.403 e. The average Bonchev–Trinajstić information content (AvgIpc) is 2.56. The van der Waals surface area contributed by atoms with Crippen LogP contribution in [0.1, 0.15) is 11.7 Å². The van der Waals surface area contributed by atoms with E-state index in [2.05, 4.69) is 10.3 Å². The van der Waals surface area contributed by atoms with Gasteiger partial charge in [0.1, 0.15) is 5.76 Å². The van der Waals surface area contributed by atoms with E-state index in [1.54, 1.807) is 6.92 Å². The van der Waals surface area contributed by atoms with Crippen molar-refractivity contribution in [2.45, 2.75) is 19.6 Å². The summed E-state index contributed by atoms with van der Waals surface area (Å²) >= 11 is 0. The largest absolute Gasteiger partial charge is 0.481 e.